The van der Waals surface area contributed by atoms with Gasteiger partial charge in [-0.3, -0.25) is 0 Å². The van der Waals surface area contributed by atoms with Crippen LogP contribution in [0.3, 0.4) is 0 Å². The van der Waals surface area contributed by atoms with Crippen LogP contribution in [-0.2, 0) is 6.42 Å². The summed E-state index contributed by atoms with van der Waals surface area (Å²) in [7, 11) is 0. The van der Waals surface area contributed by atoms with Gasteiger partial charge in [0.25, 0.3) is 0 Å². The van der Waals surface area contributed by atoms with E-state index in [0.29, 0.717) is 6.42 Å². The predicted octanol–water partition coefficient (Wildman–Crippen LogP) is 3.99. The topological polar surface area (TPSA) is 25.2 Å². The lowest BCUT2D eigenvalue weighted by molar-refractivity contribution is 0.299. The Balaban J connectivity index is 2.10. The maximum Gasteiger partial charge on any atom is 0.0530 e. The van der Waals surface area contributed by atoms with Crippen molar-refractivity contribution >= 4 is 0 Å². The van der Waals surface area contributed by atoms with Crippen molar-refractivity contribution < 1.29 is 5.11 Å². The van der Waals surface area contributed by atoms with Crippen LogP contribution in [0.1, 0.15) is 11.1 Å². The molecule has 1 heterocycles. The molecule has 3 rings (SSSR count). The van der Waals surface area contributed by atoms with Crippen molar-refractivity contribution in [1.29, 1.82) is 0 Å². The average molecular weight is 277 g/mol. The predicted molar refractivity (Wildman–Crippen MR) is 86.7 cm³/mol. The number of aliphatic hydroxyl groups is 1. The maximum atomic E-state index is 9.07. The zero-order chi connectivity index (χ0) is 14.7. The van der Waals surface area contributed by atoms with E-state index in [1.54, 1.807) is 0 Å². The van der Waals surface area contributed by atoms with E-state index in [9.17, 15) is 0 Å². The van der Waals surface area contributed by atoms with Gasteiger partial charge in [0.05, 0.1) is 5.69 Å². The smallest absolute Gasteiger partial charge is 0.0530 e. The molecule has 0 aliphatic rings. The molecule has 0 saturated heterocycles. The molecule has 0 saturated carbocycles. The van der Waals surface area contributed by atoms with Gasteiger partial charge in [-0.1, -0.05) is 42.5 Å². The minimum absolute atomic E-state index is 0.184. The summed E-state index contributed by atoms with van der Waals surface area (Å²) in [5.74, 6) is 0. The third-order valence-corrected chi connectivity index (χ3v) is 3.67. The van der Waals surface area contributed by atoms with Crippen LogP contribution in [0.2, 0.25) is 0 Å². The van der Waals surface area contributed by atoms with E-state index in [4.69, 9.17) is 5.11 Å². The molecule has 1 aromatic heterocycles. The van der Waals surface area contributed by atoms with Crippen LogP contribution in [-0.4, -0.2) is 16.3 Å². The molecule has 1 N–H and O–H groups in total. The first-order valence-electron chi connectivity index (χ1n) is 7.22. The van der Waals surface area contributed by atoms with Gasteiger partial charge < -0.3 is 9.67 Å². The summed E-state index contributed by atoms with van der Waals surface area (Å²) in [5, 5.41) is 9.07. The largest absolute Gasteiger partial charge is 0.396 e. The summed E-state index contributed by atoms with van der Waals surface area (Å²) in [5.41, 5.74) is 5.99. The quantitative estimate of drug-likeness (QED) is 0.766. The Bertz CT molecular complexity index is 728. The molecule has 2 heteroatoms. The number of aromatic nitrogens is 1. The van der Waals surface area contributed by atoms with Gasteiger partial charge in [-0.25, -0.2) is 0 Å². The van der Waals surface area contributed by atoms with Gasteiger partial charge in [-0.2, -0.15) is 0 Å². The Kier molecular flexibility index (Phi) is 3.89. The monoisotopic (exact) mass is 277 g/mol. The number of nitrogens with zero attached hydrogens (tertiary/aromatic N) is 1. The van der Waals surface area contributed by atoms with Gasteiger partial charge in [0.15, 0.2) is 0 Å². The minimum Gasteiger partial charge on any atom is -0.396 e. The molecule has 0 amide bonds. The Hall–Kier alpha value is -2.32. The Morgan fingerprint density at radius 2 is 1.81 bits per heavy atom. The zero-order valence-electron chi connectivity index (χ0n) is 12.2. The lowest BCUT2D eigenvalue weighted by Crippen LogP contribution is -1.95. The van der Waals surface area contributed by atoms with Crippen molar-refractivity contribution in [1.82, 2.24) is 4.57 Å². The molecule has 106 valence electrons. The molecule has 2 aromatic carbocycles. The summed E-state index contributed by atoms with van der Waals surface area (Å²) in [6, 6.07) is 19.0. The number of benzene rings is 2. The third-order valence-electron chi connectivity index (χ3n) is 3.67. The normalized spacial score (nSPS) is 10.8. The van der Waals surface area contributed by atoms with E-state index in [1.165, 1.54) is 22.4 Å². The Morgan fingerprint density at radius 3 is 2.57 bits per heavy atom. The summed E-state index contributed by atoms with van der Waals surface area (Å²) in [6.07, 6.45) is 4.85. The fourth-order valence-electron chi connectivity index (χ4n) is 2.58. The molecule has 0 atom stereocenters. The molecule has 0 fully saturated rings. The molecule has 0 radical (unpaired) electrons. The molecular weight excluding hydrogens is 258 g/mol. The number of hydrogen-bond donors (Lipinski definition) is 1. The van der Waals surface area contributed by atoms with Crippen LogP contribution in [0.4, 0.5) is 0 Å². The molecular formula is C19H19NO. The van der Waals surface area contributed by atoms with Crippen LogP contribution >= 0.6 is 0 Å². The van der Waals surface area contributed by atoms with Gasteiger partial charge in [-0.05, 0) is 42.2 Å². The summed E-state index contributed by atoms with van der Waals surface area (Å²) < 4.78 is 2.14. The molecule has 0 aliphatic carbocycles. The number of hydrogen-bond acceptors (Lipinski definition) is 1. The second kappa shape index (κ2) is 5.98. The molecule has 0 aliphatic heterocycles. The van der Waals surface area contributed by atoms with Crippen LogP contribution in [0.25, 0.3) is 16.8 Å². The van der Waals surface area contributed by atoms with Crippen molar-refractivity contribution in [2.24, 2.45) is 0 Å². The van der Waals surface area contributed by atoms with E-state index in [1.807, 2.05) is 6.07 Å². The van der Waals surface area contributed by atoms with Crippen LogP contribution in [0.15, 0.2) is 67.0 Å². The number of rotatable bonds is 4. The van der Waals surface area contributed by atoms with Crippen molar-refractivity contribution in [3.8, 4) is 16.8 Å². The molecule has 0 spiro atoms. The SMILES string of the molecule is Cc1ccc(-c2ccccc2)c(-n2ccc(CCO)c2)c1. The van der Waals surface area contributed by atoms with Crippen LogP contribution in [0, 0.1) is 6.92 Å². The highest BCUT2D eigenvalue weighted by molar-refractivity contribution is 5.73. The lowest BCUT2D eigenvalue weighted by Gasteiger charge is -2.12. The Morgan fingerprint density at radius 1 is 1.00 bits per heavy atom. The highest BCUT2D eigenvalue weighted by Gasteiger charge is 2.08. The lowest BCUT2D eigenvalue weighted by atomic mass is 10.0. The van der Waals surface area contributed by atoms with Crippen molar-refractivity contribution in [2.45, 2.75) is 13.3 Å². The first kappa shape index (κ1) is 13.7. The van der Waals surface area contributed by atoms with E-state index in [-0.39, 0.29) is 6.61 Å². The van der Waals surface area contributed by atoms with E-state index >= 15 is 0 Å². The van der Waals surface area contributed by atoms with E-state index in [0.717, 1.165) is 5.56 Å². The average Bonchev–Trinajstić information content (AvgIpc) is 2.97. The standard InChI is InChI=1S/C19H19NO/c1-15-7-8-18(17-5-3-2-4-6-17)19(13-15)20-11-9-16(14-20)10-12-21/h2-9,11,13-14,21H,10,12H2,1H3. The van der Waals surface area contributed by atoms with Gasteiger partial charge in [0.2, 0.25) is 0 Å². The summed E-state index contributed by atoms with van der Waals surface area (Å²) in [6.45, 7) is 2.29. The van der Waals surface area contributed by atoms with Crippen LogP contribution < -0.4 is 0 Å². The highest BCUT2D eigenvalue weighted by atomic mass is 16.2. The second-order valence-electron chi connectivity index (χ2n) is 5.29. The van der Waals surface area contributed by atoms with Crippen molar-refractivity contribution in [3.05, 3.63) is 78.1 Å². The molecule has 0 bridgehead atoms. The minimum atomic E-state index is 0.184. The summed E-state index contributed by atoms with van der Waals surface area (Å²) in [4.78, 5) is 0. The second-order valence-corrected chi connectivity index (χ2v) is 5.29. The Labute approximate surface area is 125 Å². The van der Waals surface area contributed by atoms with Gasteiger partial charge in [0, 0.05) is 24.6 Å². The first-order chi connectivity index (χ1) is 10.3. The zero-order valence-corrected chi connectivity index (χ0v) is 12.2. The molecule has 0 unspecified atom stereocenters. The van der Waals surface area contributed by atoms with Gasteiger partial charge in [0.1, 0.15) is 0 Å². The van der Waals surface area contributed by atoms with Crippen LogP contribution in [0.5, 0.6) is 0 Å². The van der Waals surface area contributed by atoms with Gasteiger partial charge >= 0.3 is 0 Å². The maximum absolute atomic E-state index is 9.07. The molecule has 3 aromatic rings. The van der Waals surface area contributed by atoms with E-state index in [2.05, 4.69) is 72.4 Å². The fraction of sp³-hybridized carbons (Fsp3) is 0.158. The first-order valence-corrected chi connectivity index (χ1v) is 7.22. The molecule has 21 heavy (non-hydrogen) atoms. The van der Waals surface area contributed by atoms with Crippen molar-refractivity contribution in [3.63, 3.8) is 0 Å². The van der Waals surface area contributed by atoms with Gasteiger partial charge in [-0.15, -0.1) is 0 Å². The highest BCUT2D eigenvalue weighted by Crippen LogP contribution is 2.28. The molecule has 2 nitrogen and oxygen atoms in total. The third kappa shape index (κ3) is 2.91. The summed E-state index contributed by atoms with van der Waals surface area (Å²) >= 11 is 0. The van der Waals surface area contributed by atoms with Crippen molar-refractivity contribution in [2.75, 3.05) is 6.61 Å². The number of aryl methyl sites for hydroxylation is 1. The fourth-order valence-corrected chi connectivity index (χ4v) is 2.58. The number of aliphatic hydroxyl groups excluding tert-OH is 1. The van der Waals surface area contributed by atoms with E-state index < -0.39 is 0 Å².